The van der Waals surface area contributed by atoms with Crippen molar-refractivity contribution in [3.05, 3.63) is 94.7 Å². The number of halogens is 2. The predicted molar refractivity (Wildman–Crippen MR) is 334 cm³/mol. The maximum atomic E-state index is 13.2. The van der Waals surface area contributed by atoms with Gasteiger partial charge >= 0.3 is 24.1 Å². The number of allylic oxidation sites excluding steroid dienone is 3. The molecule has 8 amide bonds. The van der Waals surface area contributed by atoms with E-state index in [1.807, 2.05) is 62.4 Å². The van der Waals surface area contributed by atoms with Crippen LogP contribution in [0.1, 0.15) is 116 Å². The van der Waals surface area contributed by atoms with Gasteiger partial charge in [0.15, 0.2) is 0 Å². The van der Waals surface area contributed by atoms with Crippen LogP contribution in [0.4, 0.5) is 21.0 Å². The van der Waals surface area contributed by atoms with Gasteiger partial charge in [-0.15, -0.1) is 0 Å². The van der Waals surface area contributed by atoms with Gasteiger partial charge < -0.3 is 66.0 Å². The molecule has 4 bridgehead atoms. The highest BCUT2D eigenvalue weighted by molar-refractivity contribution is 9.09. The number of methoxy groups -OCH3 is 1. The number of epoxide rings is 1. The standard InChI is InChI=1S/C28H37BrN6O6.C25H31ClN2O6.C5H9NO3.C3H8/c1-18-11-12-21(25-20(18)8-6-13-31-25)35-26(38)22(9-7-14-32-28(30)40)34-24(37)17-33-23(36)10-4-3-5-15-41-27(39)19(2)16-29;1-15-6-4-5-9-25(31)14-17(33-24(30)27-25)13-20-19(34-20)7-8-22(29)28(2)18-11-16(10-15)12-21(32-3)23(18)26;1-4(5(8)9)6(2)3-7;1-3-2/h6,8,11-13,22H,2-5,7,9-10,14-17H2,1H3,(H,33,36)(H,34,37)(H,35,38)(H3,30,32,40);4-6,11-12,17,19-20,31H,7-10,13-14H2,1-3H3,(H,27,30);3-4H,1-2H3,(H,8,9);3H2,1-2H3/b;5-4+,15-6+;;/t;17?,19?,20?,25-;4-;/m.10./s1. The lowest BCUT2D eigenvalue weighted by Gasteiger charge is -2.36. The Balaban J connectivity index is 0.000000387. The van der Waals surface area contributed by atoms with Gasteiger partial charge in [0.1, 0.15) is 34.7 Å². The number of carbonyl (C=O) groups excluding carboxylic acids is 8. The topological polar surface area (TPSA) is 340 Å². The summed E-state index contributed by atoms with van der Waals surface area (Å²) >= 11 is 9.68. The number of carboxylic acid groups (broad SMARTS) is 1. The third-order valence-corrected chi connectivity index (χ3v) is 14.7. The summed E-state index contributed by atoms with van der Waals surface area (Å²) in [7, 11) is 4.69. The van der Waals surface area contributed by atoms with Crippen LogP contribution in [0.25, 0.3) is 10.9 Å². The Hall–Kier alpha value is -7.61. The van der Waals surface area contributed by atoms with Gasteiger partial charge in [0.25, 0.3) is 0 Å². The molecule has 2 aromatic carbocycles. The first-order valence-corrected chi connectivity index (χ1v) is 30.2. The number of rotatable bonds is 21. The van der Waals surface area contributed by atoms with Crippen LogP contribution in [0.3, 0.4) is 0 Å². The predicted octanol–water partition coefficient (Wildman–Crippen LogP) is 7.43. The summed E-state index contributed by atoms with van der Waals surface area (Å²) in [5, 5.41) is 33.9. The molecule has 9 N–H and O–H groups in total. The van der Waals surface area contributed by atoms with E-state index < -0.39 is 59.8 Å². The molecule has 26 heteroatoms. The zero-order valence-corrected chi connectivity index (χ0v) is 53.2. The maximum Gasteiger partial charge on any atom is 0.409 e. The second kappa shape index (κ2) is 37.8. The van der Waals surface area contributed by atoms with Gasteiger partial charge in [-0.25, -0.2) is 19.2 Å². The molecule has 6 atom stereocenters. The van der Waals surface area contributed by atoms with Gasteiger partial charge in [0.05, 0.1) is 49.4 Å². The number of unbranched alkanes of at least 4 members (excludes halogenated alkanes) is 2. The summed E-state index contributed by atoms with van der Waals surface area (Å²) < 4.78 is 21.6. The highest BCUT2D eigenvalue weighted by Gasteiger charge is 2.45. The molecule has 87 heavy (non-hydrogen) atoms. The zero-order chi connectivity index (χ0) is 64.8. The zero-order valence-electron chi connectivity index (χ0n) is 50.8. The number of benzene rings is 2. The average Bonchev–Trinajstić information content (AvgIpc) is 3.18. The van der Waals surface area contributed by atoms with Crippen LogP contribution < -0.4 is 42.0 Å². The molecule has 3 aliphatic heterocycles. The van der Waals surface area contributed by atoms with E-state index in [1.165, 1.54) is 20.4 Å². The minimum absolute atomic E-state index is 0.0777. The number of nitrogens with one attached hydrogen (secondary N) is 5. The Kier molecular flexibility index (Phi) is 32.0. The number of aromatic nitrogens is 1. The molecule has 2 saturated heterocycles. The van der Waals surface area contributed by atoms with Crippen molar-refractivity contribution in [2.24, 2.45) is 5.73 Å². The van der Waals surface area contributed by atoms with Gasteiger partial charge in [-0.05, 0) is 101 Å². The van der Waals surface area contributed by atoms with Gasteiger partial charge in [-0.2, -0.15) is 0 Å². The number of primary amides is 1. The first-order chi connectivity index (χ1) is 41.3. The first kappa shape index (κ1) is 73.6. The van der Waals surface area contributed by atoms with E-state index in [2.05, 4.69) is 67.9 Å². The highest BCUT2D eigenvalue weighted by atomic mass is 79.9. The average molecular weight is 1300 g/mol. The number of nitrogens with two attached hydrogens (primary N) is 1. The maximum absolute atomic E-state index is 13.2. The number of aliphatic carboxylic acids is 1. The van der Waals surface area contributed by atoms with Gasteiger partial charge in [0, 0.05) is 75.2 Å². The number of alkyl halides is 1. The van der Waals surface area contributed by atoms with E-state index in [0.29, 0.717) is 96.3 Å². The molecule has 0 radical (unpaired) electrons. The quantitative estimate of drug-likeness (QED) is 0.0128. The van der Waals surface area contributed by atoms with Crippen molar-refractivity contribution in [2.75, 3.05) is 56.4 Å². The molecular weight excluding hydrogens is 1210 g/mol. The lowest BCUT2D eigenvalue weighted by atomic mass is 9.96. The molecule has 2 fully saturated rings. The number of pyridine rings is 1. The normalized spacial score (nSPS) is 19.5. The van der Waals surface area contributed by atoms with Gasteiger partial charge in [-0.3, -0.25) is 34.3 Å². The molecule has 3 aliphatic rings. The number of esters is 1. The monoisotopic (exact) mass is 1300 g/mol. The lowest BCUT2D eigenvalue weighted by Crippen LogP contribution is -2.56. The summed E-state index contributed by atoms with van der Waals surface area (Å²) in [5.74, 6) is -2.32. The summed E-state index contributed by atoms with van der Waals surface area (Å²) in [4.78, 5) is 112. The molecule has 6 rings (SSSR count). The minimum atomic E-state index is -1.37. The minimum Gasteiger partial charge on any atom is -0.495 e. The van der Waals surface area contributed by atoms with Crippen LogP contribution in [0.15, 0.2) is 78.5 Å². The number of hydrogen-bond acceptors (Lipinski definition) is 15. The Morgan fingerprint density at radius 2 is 1.79 bits per heavy atom. The van der Waals surface area contributed by atoms with Crippen molar-refractivity contribution in [3.63, 3.8) is 0 Å². The lowest BCUT2D eigenvalue weighted by molar-refractivity contribution is -0.144. The number of carboxylic acids is 1. The Labute approximate surface area is 521 Å². The Morgan fingerprint density at radius 1 is 1.07 bits per heavy atom. The third kappa shape index (κ3) is 26.1. The largest absolute Gasteiger partial charge is 0.495 e. The van der Waals surface area contributed by atoms with Crippen LogP contribution in [-0.4, -0.2) is 157 Å². The first-order valence-electron chi connectivity index (χ1n) is 28.7. The number of anilines is 2. The molecule has 4 unspecified atom stereocenters. The summed E-state index contributed by atoms with van der Waals surface area (Å²) in [6.07, 6.45) is 12.8. The second-order valence-electron chi connectivity index (χ2n) is 21.1. The molecule has 0 saturated carbocycles. The van der Waals surface area contributed by atoms with Crippen LogP contribution >= 0.6 is 27.5 Å². The summed E-state index contributed by atoms with van der Waals surface area (Å²) in [5.41, 5.74) is 8.82. The Bertz CT molecular complexity index is 2930. The van der Waals surface area contributed by atoms with E-state index in [0.717, 1.165) is 27.0 Å². The second-order valence-corrected chi connectivity index (χ2v) is 22.0. The number of aryl methyl sites for hydroxylation is 1. The molecule has 0 spiro atoms. The molecule has 4 heterocycles. The fourth-order valence-electron chi connectivity index (χ4n) is 8.67. The number of urea groups is 1. The van der Waals surface area contributed by atoms with E-state index >= 15 is 0 Å². The van der Waals surface area contributed by atoms with Crippen molar-refractivity contribution < 1.29 is 72.3 Å². The Morgan fingerprint density at radius 3 is 2.45 bits per heavy atom. The fourth-order valence-corrected chi connectivity index (χ4v) is 9.21. The van der Waals surface area contributed by atoms with E-state index in [9.17, 15) is 48.3 Å². The van der Waals surface area contributed by atoms with Crippen molar-refractivity contribution in [1.29, 1.82) is 0 Å². The molecule has 3 aromatic rings. The number of nitrogens with zero attached hydrogens (tertiary/aromatic N) is 3. The van der Waals surface area contributed by atoms with E-state index in [-0.39, 0.29) is 69.4 Å². The van der Waals surface area contributed by atoms with Gasteiger partial charge in [0.2, 0.25) is 30.0 Å². The fraction of sp³-hybridized carbons (Fsp3) is 0.508. The molecule has 478 valence electrons. The van der Waals surface area contributed by atoms with Crippen molar-refractivity contribution >= 4 is 104 Å². The number of fused-ring (bicyclic) bond motifs is 6. The molecule has 0 aliphatic carbocycles. The van der Waals surface area contributed by atoms with Crippen LogP contribution in [0.5, 0.6) is 5.75 Å². The van der Waals surface area contributed by atoms with Crippen LogP contribution in [-0.2, 0) is 54.2 Å². The SMILES string of the molecule is C=C(CBr)C(=O)OCCCCCC(=O)NCC(=O)NC(CCCNC(N)=O)C(=O)Nc1ccc(C)c2cccnc12.CCC.COc1cc2cc(c1Cl)N(C)C(=O)CCC1OC1CC1C[C@](O)(C/C=C/C=C(\C)C2)NC(=O)O1.C[C@@H](C(=O)O)N(C)C=O. The number of amides is 8. The van der Waals surface area contributed by atoms with E-state index in [1.54, 1.807) is 31.3 Å². The highest BCUT2D eigenvalue weighted by Crippen LogP contribution is 2.38. The number of ether oxygens (including phenoxy) is 4. The van der Waals surface area contributed by atoms with Crippen molar-refractivity contribution in [1.82, 2.24) is 31.2 Å². The third-order valence-electron chi connectivity index (χ3n) is 13.7. The number of likely N-dealkylation sites (N-methyl/N-ethyl adjacent to an activating group) is 1. The van der Waals surface area contributed by atoms with Crippen molar-refractivity contribution in [3.8, 4) is 5.75 Å². The van der Waals surface area contributed by atoms with Crippen molar-refractivity contribution in [2.45, 2.75) is 154 Å². The van der Waals surface area contributed by atoms with Crippen LogP contribution in [0.2, 0.25) is 5.02 Å². The summed E-state index contributed by atoms with van der Waals surface area (Å²) in [6.45, 7) is 13.4. The van der Waals surface area contributed by atoms with Gasteiger partial charge in [-0.1, -0.05) is 90.3 Å². The smallest absolute Gasteiger partial charge is 0.409 e. The number of aliphatic hydroxyl groups is 1. The molecule has 24 nitrogen and oxygen atoms in total. The molecular formula is C61H85BrClN9O15. The molecule has 1 aromatic heterocycles. The van der Waals surface area contributed by atoms with E-state index in [4.69, 9.17) is 41.4 Å². The number of hydrogen-bond donors (Lipinski definition) is 8. The number of carbonyl (C=O) groups is 9. The summed E-state index contributed by atoms with van der Waals surface area (Å²) in [6, 6.07) is 8.77. The number of alkyl carbamates (subject to hydrolysis) is 1. The van der Waals surface area contributed by atoms with Crippen LogP contribution in [0, 0.1) is 6.92 Å².